The zero-order chi connectivity index (χ0) is 34.9. The van der Waals surface area contributed by atoms with E-state index in [1.54, 1.807) is 0 Å². The Balaban J connectivity index is 1.18. The van der Waals surface area contributed by atoms with Gasteiger partial charge < -0.3 is 4.42 Å². The van der Waals surface area contributed by atoms with E-state index in [-0.39, 0.29) is 0 Å². The Bertz CT molecular complexity index is 3210. The van der Waals surface area contributed by atoms with Gasteiger partial charge in [0.2, 0.25) is 0 Å². The van der Waals surface area contributed by atoms with Crippen LogP contribution in [0.25, 0.3) is 110 Å². The normalized spacial score (nSPS) is 11.8. The number of hydrogen-bond acceptors (Lipinski definition) is 1. The van der Waals surface area contributed by atoms with Crippen LogP contribution in [-0.4, -0.2) is 0 Å². The average molecular weight is 673 g/mol. The van der Waals surface area contributed by atoms with Crippen molar-refractivity contribution in [2.45, 2.75) is 0 Å². The van der Waals surface area contributed by atoms with Crippen molar-refractivity contribution in [1.82, 2.24) is 0 Å². The van der Waals surface area contributed by atoms with Crippen LogP contribution in [0.3, 0.4) is 0 Å². The zero-order valence-electron chi connectivity index (χ0n) is 28.9. The van der Waals surface area contributed by atoms with Crippen molar-refractivity contribution < 1.29 is 4.42 Å². The van der Waals surface area contributed by atoms with Crippen LogP contribution in [0.5, 0.6) is 0 Å². The Morgan fingerprint density at radius 2 is 0.792 bits per heavy atom. The van der Waals surface area contributed by atoms with Gasteiger partial charge in [0.25, 0.3) is 0 Å². The maximum absolute atomic E-state index is 6.28. The van der Waals surface area contributed by atoms with Gasteiger partial charge in [-0.25, -0.2) is 0 Å². The van der Waals surface area contributed by atoms with Crippen LogP contribution in [0, 0.1) is 0 Å². The molecule has 246 valence electrons. The SMILES string of the molecule is c1ccc2cc(-c3ccc(-c4c5ccccc5c(-c5ccc6oc7ccccc7c6c5)c5cc(-c6cccc7ccccc67)ccc45)cc3)ccc2c1. The van der Waals surface area contributed by atoms with E-state index in [0.717, 1.165) is 21.9 Å². The fourth-order valence-electron chi connectivity index (χ4n) is 8.52. The number of fused-ring (bicyclic) bond motifs is 7. The highest BCUT2D eigenvalue weighted by Crippen LogP contribution is 2.46. The molecule has 0 radical (unpaired) electrons. The maximum Gasteiger partial charge on any atom is 0.135 e. The maximum atomic E-state index is 6.28. The second-order valence-electron chi connectivity index (χ2n) is 14.0. The lowest BCUT2D eigenvalue weighted by Crippen LogP contribution is -1.92. The highest BCUT2D eigenvalue weighted by atomic mass is 16.3. The molecule has 0 amide bonds. The van der Waals surface area contributed by atoms with Crippen molar-refractivity contribution in [1.29, 1.82) is 0 Å². The summed E-state index contributed by atoms with van der Waals surface area (Å²) in [6, 6.07) is 70.8. The topological polar surface area (TPSA) is 13.1 Å². The van der Waals surface area contributed by atoms with Crippen molar-refractivity contribution in [3.63, 3.8) is 0 Å². The van der Waals surface area contributed by atoms with Crippen LogP contribution in [0.15, 0.2) is 199 Å². The largest absolute Gasteiger partial charge is 0.456 e. The molecule has 0 N–H and O–H groups in total. The molecule has 0 unspecified atom stereocenters. The number of para-hydroxylation sites is 1. The molecule has 1 heteroatoms. The molecular formula is C52H32O. The Kier molecular flexibility index (Phi) is 6.62. The summed E-state index contributed by atoms with van der Waals surface area (Å²) in [4.78, 5) is 0. The summed E-state index contributed by atoms with van der Waals surface area (Å²) >= 11 is 0. The monoisotopic (exact) mass is 672 g/mol. The van der Waals surface area contributed by atoms with E-state index < -0.39 is 0 Å². The summed E-state index contributed by atoms with van der Waals surface area (Å²) in [5, 5.41) is 12.2. The molecule has 1 nitrogen and oxygen atoms in total. The third-order valence-corrected chi connectivity index (χ3v) is 11.0. The minimum Gasteiger partial charge on any atom is -0.456 e. The second-order valence-corrected chi connectivity index (χ2v) is 14.0. The Labute approximate surface area is 307 Å². The lowest BCUT2D eigenvalue weighted by Gasteiger charge is -2.19. The lowest BCUT2D eigenvalue weighted by molar-refractivity contribution is 0.669. The van der Waals surface area contributed by atoms with Crippen molar-refractivity contribution in [3.05, 3.63) is 194 Å². The van der Waals surface area contributed by atoms with E-state index in [0.29, 0.717) is 0 Å². The summed E-state index contributed by atoms with van der Waals surface area (Å²) in [6.45, 7) is 0. The number of rotatable bonds is 4. The molecular weight excluding hydrogens is 641 g/mol. The third kappa shape index (κ3) is 4.79. The molecule has 1 heterocycles. The smallest absolute Gasteiger partial charge is 0.135 e. The minimum absolute atomic E-state index is 0.906. The van der Waals surface area contributed by atoms with Crippen molar-refractivity contribution in [2.24, 2.45) is 0 Å². The molecule has 11 aromatic rings. The predicted molar refractivity (Wildman–Crippen MR) is 225 cm³/mol. The molecule has 0 aliphatic heterocycles. The molecule has 0 saturated heterocycles. The van der Waals surface area contributed by atoms with Crippen LogP contribution in [-0.2, 0) is 0 Å². The van der Waals surface area contributed by atoms with Gasteiger partial charge in [0, 0.05) is 10.8 Å². The summed E-state index contributed by atoms with van der Waals surface area (Å²) in [7, 11) is 0. The summed E-state index contributed by atoms with van der Waals surface area (Å²) < 4.78 is 6.28. The van der Waals surface area contributed by atoms with Gasteiger partial charge in [-0.15, -0.1) is 0 Å². The van der Waals surface area contributed by atoms with Gasteiger partial charge in [0.15, 0.2) is 0 Å². The second kappa shape index (κ2) is 11.8. The molecule has 11 rings (SSSR count). The highest BCUT2D eigenvalue weighted by Gasteiger charge is 2.19. The van der Waals surface area contributed by atoms with Gasteiger partial charge in [-0.1, -0.05) is 164 Å². The average Bonchev–Trinajstić information content (AvgIpc) is 3.60. The van der Waals surface area contributed by atoms with E-state index in [9.17, 15) is 0 Å². The zero-order valence-corrected chi connectivity index (χ0v) is 28.9. The van der Waals surface area contributed by atoms with E-state index in [4.69, 9.17) is 4.42 Å². The van der Waals surface area contributed by atoms with Crippen LogP contribution >= 0.6 is 0 Å². The predicted octanol–water partition coefficient (Wildman–Crippen LogP) is 14.9. The van der Waals surface area contributed by atoms with E-state index in [1.807, 2.05) is 6.07 Å². The van der Waals surface area contributed by atoms with E-state index >= 15 is 0 Å². The number of hydrogen-bond donors (Lipinski definition) is 0. The van der Waals surface area contributed by atoms with Crippen LogP contribution in [0.2, 0.25) is 0 Å². The number of benzene rings is 10. The first-order valence-electron chi connectivity index (χ1n) is 18.2. The molecule has 1 aromatic heterocycles. The molecule has 0 spiro atoms. The van der Waals surface area contributed by atoms with Gasteiger partial charge in [-0.2, -0.15) is 0 Å². The third-order valence-electron chi connectivity index (χ3n) is 11.0. The van der Waals surface area contributed by atoms with Crippen LogP contribution < -0.4 is 0 Å². The lowest BCUT2D eigenvalue weighted by atomic mass is 9.84. The van der Waals surface area contributed by atoms with Gasteiger partial charge in [0.05, 0.1) is 0 Å². The Morgan fingerprint density at radius 1 is 0.245 bits per heavy atom. The quantitative estimate of drug-likeness (QED) is 0.170. The molecule has 10 aromatic carbocycles. The standard InChI is InChI=1S/C52H32O/c1-2-12-37-30-38(25-22-33(37)10-1)34-20-23-36(24-21-34)51-44-16-5-6-17-45(44)52(40-27-29-50-47(32-40)43-15-7-8-19-49(43)53-50)48-31-39(26-28-46(48)51)42-18-9-13-35-11-3-4-14-41(35)42/h1-32H. The molecule has 0 aliphatic carbocycles. The molecule has 53 heavy (non-hydrogen) atoms. The first kappa shape index (κ1) is 29.7. The Morgan fingerprint density at radius 3 is 1.62 bits per heavy atom. The van der Waals surface area contributed by atoms with Crippen LogP contribution in [0.4, 0.5) is 0 Å². The summed E-state index contributed by atoms with van der Waals surface area (Å²) in [5.74, 6) is 0. The van der Waals surface area contributed by atoms with Crippen LogP contribution in [0.1, 0.15) is 0 Å². The van der Waals surface area contributed by atoms with Gasteiger partial charge in [-0.3, -0.25) is 0 Å². The van der Waals surface area contributed by atoms with Gasteiger partial charge in [-0.05, 0) is 118 Å². The van der Waals surface area contributed by atoms with Gasteiger partial charge in [0.1, 0.15) is 11.2 Å². The Hall–Kier alpha value is -6.96. The minimum atomic E-state index is 0.906. The fourth-order valence-corrected chi connectivity index (χ4v) is 8.52. The molecule has 0 saturated carbocycles. The first-order valence-corrected chi connectivity index (χ1v) is 18.2. The molecule has 0 aliphatic rings. The first-order chi connectivity index (χ1) is 26.3. The number of furan rings is 1. The summed E-state index contributed by atoms with van der Waals surface area (Å²) in [5.41, 5.74) is 11.6. The molecule has 0 atom stereocenters. The van der Waals surface area contributed by atoms with E-state index in [1.165, 1.54) is 87.6 Å². The van der Waals surface area contributed by atoms with E-state index in [2.05, 4.69) is 188 Å². The summed E-state index contributed by atoms with van der Waals surface area (Å²) in [6.07, 6.45) is 0. The fraction of sp³-hybridized carbons (Fsp3) is 0. The molecule has 0 fully saturated rings. The molecule has 0 bridgehead atoms. The van der Waals surface area contributed by atoms with Gasteiger partial charge >= 0.3 is 0 Å². The van der Waals surface area contributed by atoms with Crippen molar-refractivity contribution >= 4 is 65.0 Å². The van der Waals surface area contributed by atoms with Crippen molar-refractivity contribution in [3.8, 4) is 44.5 Å². The highest BCUT2D eigenvalue weighted by molar-refractivity contribution is 6.23. The van der Waals surface area contributed by atoms with Crippen molar-refractivity contribution in [2.75, 3.05) is 0 Å².